The van der Waals surface area contributed by atoms with E-state index in [2.05, 4.69) is 15.1 Å². The van der Waals surface area contributed by atoms with E-state index in [1.807, 2.05) is 12.2 Å². The second-order valence-corrected chi connectivity index (χ2v) is 4.81. The number of hydrogen-bond acceptors (Lipinski definition) is 5. The molecule has 0 bridgehead atoms. The minimum Gasteiger partial charge on any atom is -0.481 e. The van der Waals surface area contributed by atoms with Gasteiger partial charge in [0.25, 0.3) is 0 Å². The second-order valence-electron chi connectivity index (χ2n) is 4.81. The van der Waals surface area contributed by atoms with Gasteiger partial charge in [0, 0.05) is 0 Å². The molecule has 2 atom stereocenters. The van der Waals surface area contributed by atoms with E-state index in [0.29, 0.717) is 18.5 Å². The molecule has 1 aliphatic rings. The third-order valence-corrected chi connectivity index (χ3v) is 3.47. The summed E-state index contributed by atoms with van der Waals surface area (Å²) < 4.78 is 18.0. The third-order valence-electron chi connectivity index (χ3n) is 3.47. The van der Waals surface area contributed by atoms with Crippen molar-refractivity contribution in [2.24, 2.45) is 5.92 Å². The molecule has 7 heteroatoms. The number of carbonyl (C=O) groups is 1. The summed E-state index contributed by atoms with van der Waals surface area (Å²) in [5, 5.41) is 13.0. The molecule has 2 aromatic rings. The van der Waals surface area contributed by atoms with Gasteiger partial charge in [0.05, 0.1) is 18.0 Å². The molecule has 0 fully saturated rings. The lowest BCUT2D eigenvalue weighted by Crippen LogP contribution is -2.23. The molecular formula is C14H12FN3O3. The van der Waals surface area contributed by atoms with Crippen LogP contribution >= 0.6 is 0 Å². The molecule has 2 unspecified atom stereocenters. The maximum Gasteiger partial charge on any atom is 0.307 e. The molecule has 0 radical (unpaired) electrons. The Bertz CT molecular complexity index is 681. The summed E-state index contributed by atoms with van der Waals surface area (Å²) in [7, 11) is 0. The average molecular weight is 289 g/mol. The van der Waals surface area contributed by atoms with Crippen LogP contribution in [0, 0.1) is 11.7 Å². The van der Waals surface area contributed by atoms with Crippen LogP contribution in [0.3, 0.4) is 0 Å². The summed E-state index contributed by atoms with van der Waals surface area (Å²) in [6.45, 7) is 0. The van der Waals surface area contributed by atoms with E-state index in [4.69, 9.17) is 4.52 Å². The van der Waals surface area contributed by atoms with Crippen molar-refractivity contribution in [1.29, 1.82) is 0 Å². The van der Waals surface area contributed by atoms with Gasteiger partial charge in [-0.3, -0.25) is 4.79 Å². The Labute approximate surface area is 119 Å². The van der Waals surface area contributed by atoms with Crippen LogP contribution in [0.1, 0.15) is 24.7 Å². The van der Waals surface area contributed by atoms with E-state index in [9.17, 15) is 14.3 Å². The van der Waals surface area contributed by atoms with Crippen molar-refractivity contribution < 1.29 is 18.8 Å². The molecule has 2 heterocycles. The molecule has 1 N–H and O–H groups in total. The van der Waals surface area contributed by atoms with Crippen LogP contribution in [-0.4, -0.2) is 26.2 Å². The molecule has 21 heavy (non-hydrogen) atoms. The molecule has 0 amide bonds. The second kappa shape index (κ2) is 5.43. The summed E-state index contributed by atoms with van der Waals surface area (Å²) in [6, 6.07) is 2.70. The fourth-order valence-electron chi connectivity index (χ4n) is 2.36. The zero-order chi connectivity index (χ0) is 14.8. The van der Waals surface area contributed by atoms with Crippen molar-refractivity contribution in [3.8, 4) is 11.5 Å². The summed E-state index contributed by atoms with van der Waals surface area (Å²) in [6.07, 6.45) is 5.79. The van der Waals surface area contributed by atoms with Gasteiger partial charge in [-0.2, -0.15) is 4.98 Å². The monoisotopic (exact) mass is 289 g/mol. The minimum atomic E-state index is -0.885. The Morgan fingerprint density at radius 2 is 2.14 bits per heavy atom. The molecule has 2 aromatic heterocycles. The van der Waals surface area contributed by atoms with Gasteiger partial charge in [0.1, 0.15) is 11.5 Å². The Balaban J connectivity index is 1.88. The largest absolute Gasteiger partial charge is 0.481 e. The summed E-state index contributed by atoms with van der Waals surface area (Å²) in [5.41, 5.74) is 0.379. The fourth-order valence-corrected chi connectivity index (χ4v) is 2.36. The quantitative estimate of drug-likeness (QED) is 0.873. The topological polar surface area (TPSA) is 89.1 Å². The first-order valence-electron chi connectivity index (χ1n) is 6.48. The molecule has 0 saturated heterocycles. The molecule has 0 aromatic carbocycles. The zero-order valence-electron chi connectivity index (χ0n) is 10.9. The van der Waals surface area contributed by atoms with Crippen molar-refractivity contribution in [1.82, 2.24) is 15.1 Å². The molecular weight excluding hydrogens is 277 g/mol. The number of carboxylic acids is 1. The van der Waals surface area contributed by atoms with Crippen molar-refractivity contribution in [3.63, 3.8) is 0 Å². The van der Waals surface area contributed by atoms with Gasteiger partial charge in [0.2, 0.25) is 11.7 Å². The van der Waals surface area contributed by atoms with E-state index in [1.54, 1.807) is 0 Å². The van der Waals surface area contributed by atoms with Gasteiger partial charge in [0.15, 0.2) is 0 Å². The van der Waals surface area contributed by atoms with Crippen LogP contribution in [-0.2, 0) is 4.79 Å². The van der Waals surface area contributed by atoms with E-state index < -0.39 is 17.7 Å². The van der Waals surface area contributed by atoms with Crippen LogP contribution in [0.2, 0.25) is 0 Å². The predicted octanol–water partition coefficient (Wildman–Crippen LogP) is 2.41. The van der Waals surface area contributed by atoms with Crippen molar-refractivity contribution >= 4 is 5.97 Å². The van der Waals surface area contributed by atoms with Crippen molar-refractivity contribution in [2.75, 3.05) is 0 Å². The molecule has 0 spiro atoms. The number of halogens is 1. The summed E-state index contributed by atoms with van der Waals surface area (Å²) in [5.74, 6) is -1.77. The van der Waals surface area contributed by atoms with E-state index >= 15 is 0 Å². The van der Waals surface area contributed by atoms with Gasteiger partial charge >= 0.3 is 5.97 Å². The molecule has 3 rings (SSSR count). The van der Waals surface area contributed by atoms with Gasteiger partial charge in [-0.15, -0.1) is 0 Å². The highest BCUT2D eigenvalue weighted by atomic mass is 19.1. The lowest BCUT2D eigenvalue weighted by atomic mass is 9.83. The van der Waals surface area contributed by atoms with Crippen LogP contribution in [0.5, 0.6) is 0 Å². The zero-order valence-corrected chi connectivity index (χ0v) is 10.9. The first-order valence-corrected chi connectivity index (χ1v) is 6.48. The standard InChI is InChI=1S/C14H12FN3O3/c15-8-5-6-11(16-7-8)12-17-13(21-18-12)9-3-1-2-4-10(9)14(19)20/h1-2,5-7,9-10H,3-4H2,(H,19,20). The number of allylic oxidation sites excluding steroid dienone is 2. The Morgan fingerprint density at radius 1 is 1.33 bits per heavy atom. The average Bonchev–Trinajstić information content (AvgIpc) is 2.97. The Kier molecular flexibility index (Phi) is 3.47. The third kappa shape index (κ3) is 2.67. The van der Waals surface area contributed by atoms with Crippen molar-refractivity contribution in [3.05, 3.63) is 42.2 Å². The molecule has 1 aliphatic carbocycles. The lowest BCUT2D eigenvalue weighted by molar-refractivity contribution is -0.142. The fraction of sp³-hybridized carbons (Fsp3) is 0.286. The van der Waals surface area contributed by atoms with Gasteiger partial charge in [-0.1, -0.05) is 17.3 Å². The van der Waals surface area contributed by atoms with Gasteiger partial charge in [-0.25, -0.2) is 9.37 Å². The predicted molar refractivity (Wildman–Crippen MR) is 69.7 cm³/mol. The minimum absolute atomic E-state index is 0.226. The van der Waals surface area contributed by atoms with E-state index in [1.165, 1.54) is 12.1 Å². The first kappa shape index (κ1) is 13.4. The van der Waals surface area contributed by atoms with Gasteiger partial charge < -0.3 is 9.63 Å². The highest BCUT2D eigenvalue weighted by Gasteiger charge is 2.34. The Hall–Kier alpha value is -2.57. The number of aromatic nitrogens is 3. The highest BCUT2D eigenvalue weighted by molar-refractivity contribution is 5.71. The number of hydrogen-bond donors (Lipinski definition) is 1. The Morgan fingerprint density at radius 3 is 2.86 bits per heavy atom. The first-order chi connectivity index (χ1) is 10.1. The number of rotatable bonds is 3. The lowest BCUT2D eigenvalue weighted by Gasteiger charge is -2.21. The van der Waals surface area contributed by atoms with E-state index in [0.717, 1.165) is 6.20 Å². The number of nitrogens with zero attached hydrogens (tertiary/aromatic N) is 3. The molecule has 0 saturated carbocycles. The normalized spacial score (nSPS) is 21.4. The summed E-state index contributed by atoms with van der Waals surface area (Å²) in [4.78, 5) is 19.4. The van der Waals surface area contributed by atoms with Crippen LogP contribution in [0.15, 0.2) is 35.0 Å². The molecule has 108 valence electrons. The van der Waals surface area contributed by atoms with Crippen LogP contribution < -0.4 is 0 Å². The van der Waals surface area contributed by atoms with Crippen LogP contribution in [0.25, 0.3) is 11.5 Å². The summed E-state index contributed by atoms with van der Waals surface area (Å²) >= 11 is 0. The number of aliphatic carboxylic acids is 1. The van der Waals surface area contributed by atoms with Crippen molar-refractivity contribution in [2.45, 2.75) is 18.8 Å². The number of carboxylic acid groups (broad SMARTS) is 1. The molecule has 0 aliphatic heterocycles. The van der Waals surface area contributed by atoms with E-state index in [-0.39, 0.29) is 17.6 Å². The van der Waals surface area contributed by atoms with Gasteiger partial charge in [-0.05, 0) is 25.0 Å². The maximum absolute atomic E-state index is 12.8. The SMILES string of the molecule is O=C(O)C1CC=CCC1c1nc(-c2ccc(F)cn2)no1. The number of pyridine rings is 1. The maximum atomic E-state index is 12.8. The highest BCUT2D eigenvalue weighted by Crippen LogP contribution is 2.34. The smallest absolute Gasteiger partial charge is 0.307 e. The van der Waals surface area contributed by atoms with Crippen LogP contribution in [0.4, 0.5) is 4.39 Å². The molecule has 6 nitrogen and oxygen atoms in total.